The molecule has 0 aliphatic rings. The number of benzene rings is 3. The SMILES string of the molecule is C=C(C)C(=O)COc1ccc(-c2ccc(-c3ccc(CCCOC(=O)C(=C)C)cc3)cc2F)cc1. The highest BCUT2D eigenvalue weighted by atomic mass is 19.1. The normalized spacial score (nSPS) is 10.5. The van der Waals surface area contributed by atoms with E-state index in [1.165, 1.54) is 6.07 Å². The fourth-order valence-corrected chi connectivity index (χ4v) is 3.36. The van der Waals surface area contributed by atoms with Gasteiger partial charge in [-0.05, 0) is 72.7 Å². The van der Waals surface area contributed by atoms with Crippen molar-refractivity contribution in [2.45, 2.75) is 26.7 Å². The predicted molar refractivity (Wildman–Crippen MR) is 137 cm³/mol. The van der Waals surface area contributed by atoms with Crippen molar-refractivity contribution in [3.05, 3.63) is 102 Å². The molecule has 0 saturated heterocycles. The summed E-state index contributed by atoms with van der Waals surface area (Å²) in [5.41, 5.74) is 4.86. The van der Waals surface area contributed by atoms with Crippen molar-refractivity contribution in [3.8, 4) is 28.0 Å². The molecular formula is C30H29FO4. The van der Waals surface area contributed by atoms with E-state index < -0.39 is 0 Å². The molecule has 3 rings (SSSR count). The smallest absolute Gasteiger partial charge is 0.333 e. The summed E-state index contributed by atoms with van der Waals surface area (Å²) >= 11 is 0. The number of aryl methyl sites for hydroxylation is 1. The lowest BCUT2D eigenvalue weighted by molar-refractivity contribution is -0.139. The van der Waals surface area contributed by atoms with E-state index in [9.17, 15) is 14.0 Å². The largest absolute Gasteiger partial charge is 0.485 e. The van der Waals surface area contributed by atoms with Crippen LogP contribution in [-0.2, 0) is 20.7 Å². The molecule has 0 unspecified atom stereocenters. The maximum atomic E-state index is 14.9. The second-order valence-electron chi connectivity index (χ2n) is 8.43. The van der Waals surface area contributed by atoms with Gasteiger partial charge in [0.1, 0.15) is 11.6 Å². The minimum Gasteiger partial charge on any atom is -0.485 e. The zero-order chi connectivity index (χ0) is 25.4. The van der Waals surface area contributed by atoms with Crippen LogP contribution in [0.2, 0.25) is 0 Å². The molecule has 0 heterocycles. The van der Waals surface area contributed by atoms with Gasteiger partial charge in [-0.2, -0.15) is 0 Å². The predicted octanol–water partition coefficient (Wildman–Crippen LogP) is 6.74. The molecule has 5 heteroatoms. The van der Waals surface area contributed by atoms with Crippen molar-refractivity contribution >= 4 is 11.8 Å². The van der Waals surface area contributed by atoms with Gasteiger partial charge in [0.2, 0.25) is 0 Å². The first-order valence-corrected chi connectivity index (χ1v) is 11.4. The van der Waals surface area contributed by atoms with E-state index in [4.69, 9.17) is 9.47 Å². The molecule has 0 atom stereocenters. The Balaban J connectivity index is 1.60. The van der Waals surface area contributed by atoms with E-state index in [0.29, 0.717) is 29.1 Å². The van der Waals surface area contributed by atoms with Gasteiger partial charge in [-0.3, -0.25) is 4.79 Å². The van der Waals surface area contributed by atoms with Crippen LogP contribution in [0.3, 0.4) is 0 Å². The van der Waals surface area contributed by atoms with Gasteiger partial charge in [-0.25, -0.2) is 9.18 Å². The van der Waals surface area contributed by atoms with Crippen LogP contribution in [0.25, 0.3) is 22.3 Å². The molecule has 0 aliphatic carbocycles. The second-order valence-corrected chi connectivity index (χ2v) is 8.43. The Morgan fingerprint density at radius 3 is 2.06 bits per heavy atom. The Kier molecular flexibility index (Phi) is 8.74. The Labute approximate surface area is 205 Å². The highest BCUT2D eigenvalue weighted by Crippen LogP contribution is 2.29. The van der Waals surface area contributed by atoms with Crippen LogP contribution < -0.4 is 4.74 Å². The first kappa shape index (κ1) is 25.6. The summed E-state index contributed by atoms with van der Waals surface area (Å²) in [6, 6.07) is 20.1. The van der Waals surface area contributed by atoms with Crippen molar-refractivity contribution in [2.75, 3.05) is 13.2 Å². The third kappa shape index (κ3) is 7.24. The zero-order valence-corrected chi connectivity index (χ0v) is 20.1. The Bertz CT molecular complexity index is 1220. The number of esters is 1. The van der Waals surface area contributed by atoms with Crippen LogP contribution in [-0.4, -0.2) is 25.0 Å². The molecule has 0 saturated carbocycles. The molecule has 3 aromatic carbocycles. The number of Topliss-reactive ketones (excluding diaryl/α,β-unsaturated/α-hetero) is 1. The lowest BCUT2D eigenvalue weighted by Gasteiger charge is -2.10. The fourth-order valence-electron chi connectivity index (χ4n) is 3.36. The number of hydrogen-bond donors (Lipinski definition) is 0. The number of hydrogen-bond acceptors (Lipinski definition) is 4. The molecule has 35 heavy (non-hydrogen) atoms. The van der Waals surface area contributed by atoms with E-state index >= 15 is 0 Å². The van der Waals surface area contributed by atoms with E-state index in [1.54, 1.807) is 44.2 Å². The molecule has 4 nitrogen and oxygen atoms in total. The summed E-state index contributed by atoms with van der Waals surface area (Å²) < 4.78 is 25.5. The first-order chi connectivity index (χ1) is 16.7. The quantitative estimate of drug-likeness (QED) is 0.176. The highest BCUT2D eigenvalue weighted by molar-refractivity contribution is 5.95. The third-order valence-corrected chi connectivity index (χ3v) is 5.46. The van der Waals surface area contributed by atoms with Gasteiger partial charge in [0.15, 0.2) is 12.4 Å². The summed E-state index contributed by atoms with van der Waals surface area (Å²) in [5, 5.41) is 0. The van der Waals surface area contributed by atoms with Crippen LogP contribution in [0, 0.1) is 5.82 Å². The second kappa shape index (κ2) is 11.9. The Morgan fingerprint density at radius 1 is 0.829 bits per heavy atom. The van der Waals surface area contributed by atoms with Gasteiger partial charge in [-0.1, -0.05) is 61.7 Å². The van der Waals surface area contributed by atoms with E-state index in [-0.39, 0.29) is 24.2 Å². The topological polar surface area (TPSA) is 52.6 Å². The molecule has 0 spiro atoms. The van der Waals surface area contributed by atoms with Crippen molar-refractivity contribution in [1.29, 1.82) is 0 Å². The molecule has 0 aromatic heterocycles. The lowest BCUT2D eigenvalue weighted by Crippen LogP contribution is -2.11. The zero-order valence-electron chi connectivity index (χ0n) is 20.1. The summed E-state index contributed by atoms with van der Waals surface area (Å²) in [5.74, 6) is -0.315. The molecule has 0 fully saturated rings. The van der Waals surface area contributed by atoms with E-state index in [0.717, 1.165) is 35.1 Å². The standard InChI is InChI=1S/C30H29FO4/c1-20(2)29(32)19-35-26-14-11-24(12-15-26)27-16-13-25(18-28(27)31)23-9-7-22(8-10-23)6-5-17-34-30(33)21(3)4/h7-16,18H,1,3,5-6,17,19H2,2,4H3. The lowest BCUT2D eigenvalue weighted by atomic mass is 9.98. The average molecular weight is 473 g/mol. The van der Waals surface area contributed by atoms with E-state index in [2.05, 4.69) is 13.2 Å². The van der Waals surface area contributed by atoms with Gasteiger partial charge < -0.3 is 9.47 Å². The molecule has 0 aliphatic heterocycles. The van der Waals surface area contributed by atoms with Gasteiger partial charge in [0, 0.05) is 11.1 Å². The maximum absolute atomic E-state index is 14.9. The summed E-state index contributed by atoms with van der Waals surface area (Å²) in [4.78, 5) is 23.0. The van der Waals surface area contributed by atoms with Gasteiger partial charge in [0.05, 0.1) is 6.61 Å². The van der Waals surface area contributed by atoms with Gasteiger partial charge in [-0.15, -0.1) is 0 Å². The molecule has 180 valence electrons. The van der Waals surface area contributed by atoms with Crippen molar-refractivity contribution in [3.63, 3.8) is 0 Å². The van der Waals surface area contributed by atoms with Gasteiger partial charge >= 0.3 is 5.97 Å². The average Bonchev–Trinajstić information content (AvgIpc) is 2.85. The van der Waals surface area contributed by atoms with Crippen LogP contribution in [0.1, 0.15) is 25.8 Å². The van der Waals surface area contributed by atoms with Crippen LogP contribution >= 0.6 is 0 Å². The first-order valence-electron chi connectivity index (χ1n) is 11.4. The summed E-state index contributed by atoms with van der Waals surface area (Å²) in [7, 11) is 0. The molecule has 0 N–H and O–H groups in total. The van der Waals surface area contributed by atoms with Crippen molar-refractivity contribution in [2.24, 2.45) is 0 Å². The molecule has 3 aromatic rings. The minimum absolute atomic E-state index is 0.0704. The summed E-state index contributed by atoms with van der Waals surface area (Å²) in [6.45, 7) is 10.7. The van der Waals surface area contributed by atoms with Crippen LogP contribution in [0.15, 0.2) is 91.0 Å². The number of halogens is 1. The number of rotatable bonds is 11. The number of ether oxygens (including phenoxy) is 2. The van der Waals surface area contributed by atoms with Crippen LogP contribution in [0.4, 0.5) is 4.39 Å². The minimum atomic E-state index is -0.370. The third-order valence-electron chi connectivity index (χ3n) is 5.46. The Morgan fingerprint density at radius 2 is 1.46 bits per heavy atom. The molecule has 0 radical (unpaired) electrons. The highest BCUT2D eigenvalue weighted by Gasteiger charge is 2.09. The Hall–Kier alpha value is -3.99. The molecular weight excluding hydrogens is 443 g/mol. The van der Waals surface area contributed by atoms with Crippen LogP contribution in [0.5, 0.6) is 5.75 Å². The molecule has 0 bridgehead atoms. The van der Waals surface area contributed by atoms with Gasteiger partial charge in [0.25, 0.3) is 0 Å². The maximum Gasteiger partial charge on any atom is 0.333 e. The van der Waals surface area contributed by atoms with E-state index in [1.807, 2.05) is 30.3 Å². The monoisotopic (exact) mass is 472 g/mol. The summed E-state index contributed by atoms with van der Waals surface area (Å²) in [6.07, 6.45) is 1.49. The number of carbonyl (C=O) groups is 2. The number of carbonyl (C=O) groups excluding carboxylic acids is 2. The molecule has 0 amide bonds. The number of ketones is 1. The fraction of sp³-hybridized carbons (Fsp3) is 0.200. The van der Waals surface area contributed by atoms with Crippen molar-refractivity contribution in [1.82, 2.24) is 0 Å². The van der Waals surface area contributed by atoms with Crippen molar-refractivity contribution < 1.29 is 23.5 Å².